The fourth-order valence-corrected chi connectivity index (χ4v) is 2.27. The average Bonchev–Trinajstić information content (AvgIpc) is 2.70. The molecule has 0 bridgehead atoms. The highest BCUT2D eigenvalue weighted by Crippen LogP contribution is 2.17. The molecule has 0 aliphatic carbocycles. The number of benzene rings is 2. The molecule has 132 valence electrons. The number of ketones is 2. The van der Waals surface area contributed by atoms with Gasteiger partial charge in [-0.1, -0.05) is 54.6 Å². The number of Topliss-reactive ketones (excluding diaryl/α,β-unsaturated/α-hetero) is 1. The maximum Gasteiger partial charge on any atom is 0.193 e. The smallest absolute Gasteiger partial charge is 0.193 e. The van der Waals surface area contributed by atoms with Crippen LogP contribution in [0.25, 0.3) is 0 Å². The van der Waals surface area contributed by atoms with E-state index in [1.807, 2.05) is 26.0 Å². The summed E-state index contributed by atoms with van der Waals surface area (Å²) in [7, 11) is 1.58. The summed E-state index contributed by atoms with van der Waals surface area (Å²) in [6.07, 6.45) is 5.50. The first-order valence-electron chi connectivity index (χ1n) is 8.29. The van der Waals surface area contributed by atoms with E-state index < -0.39 is 0 Å². The van der Waals surface area contributed by atoms with Gasteiger partial charge in [-0.05, 0) is 38.1 Å². The Hall–Kier alpha value is -3.20. The number of ether oxygens (including phenoxy) is 1. The molecule has 0 radical (unpaired) electrons. The Kier molecular flexibility index (Phi) is 6.45. The molecular formula is C23H22O3. The first kappa shape index (κ1) is 19.1. The molecular weight excluding hydrogens is 324 g/mol. The topological polar surface area (TPSA) is 43.4 Å². The van der Waals surface area contributed by atoms with Gasteiger partial charge in [-0.2, -0.15) is 0 Å². The van der Waals surface area contributed by atoms with Crippen molar-refractivity contribution in [1.82, 2.24) is 0 Å². The van der Waals surface area contributed by atoms with Crippen molar-refractivity contribution >= 4 is 11.6 Å². The van der Waals surface area contributed by atoms with Crippen molar-refractivity contribution in [3.05, 3.63) is 101 Å². The summed E-state index contributed by atoms with van der Waals surface area (Å²) in [5.41, 5.74) is 3.06. The van der Waals surface area contributed by atoms with Crippen LogP contribution in [0.3, 0.4) is 0 Å². The molecule has 3 heteroatoms. The van der Waals surface area contributed by atoms with E-state index in [9.17, 15) is 9.59 Å². The zero-order chi connectivity index (χ0) is 19.1. The molecule has 0 N–H and O–H groups in total. The Labute approximate surface area is 154 Å². The van der Waals surface area contributed by atoms with E-state index in [2.05, 4.69) is 6.58 Å². The molecule has 2 aromatic carbocycles. The molecule has 2 aromatic rings. The minimum atomic E-state index is -0.159. The first-order chi connectivity index (χ1) is 12.5. The molecule has 0 amide bonds. The maximum atomic E-state index is 12.5. The van der Waals surface area contributed by atoms with Gasteiger partial charge in [-0.3, -0.25) is 9.59 Å². The van der Waals surface area contributed by atoms with Crippen LogP contribution in [0.1, 0.15) is 40.1 Å². The summed E-state index contributed by atoms with van der Waals surface area (Å²) in [6.45, 7) is 7.70. The highest BCUT2D eigenvalue weighted by molar-refractivity contribution is 6.12. The van der Waals surface area contributed by atoms with Gasteiger partial charge in [0.25, 0.3) is 0 Å². The summed E-state index contributed by atoms with van der Waals surface area (Å²) < 4.78 is 5.09. The van der Waals surface area contributed by atoms with Crippen LogP contribution in [0.5, 0.6) is 5.75 Å². The van der Waals surface area contributed by atoms with Crippen LogP contribution in [0.4, 0.5) is 0 Å². The zero-order valence-corrected chi connectivity index (χ0v) is 15.3. The van der Waals surface area contributed by atoms with Crippen LogP contribution in [-0.4, -0.2) is 18.7 Å². The fraction of sp³-hybridized carbons (Fsp3) is 0.130. The van der Waals surface area contributed by atoms with E-state index in [0.29, 0.717) is 28.0 Å². The van der Waals surface area contributed by atoms with Crippen molar-refractivity contribution in [3.8, 4) is 5.75 Å². The number of hydrogen-bond acceptors (Lipinski definition) is 3. The molecule has 0 heterocycles. The van der Waals surface area contributed by atoms with Crippen LogP contribution >= 0.6 is 0 Å². The van der Waals surface area contributed by atoms with Crippen LogP contribution < -0.4 is 4.74 Å². The van der Waals surface area contributed by atoms with E-state index in [0.717, 1.165) is 5.57 Å². The molecule has 0 unspecified atom stereocenters. The highest BCUT2D eigenvalue weighted by atomic mass is 16.5. The van der Waals surface area contributed by atoms with E-state index in [-0.39, 0.29) is 11.6 Å². The Morgan fingerprint density at radius 3 is 1.88 bits per heavy atom. The maximum absolute atomic E-state index is 12.5. The molecule has 0 saturated heterocycles. The Morgan fingerprint density at radius 2 is 1.38 bits per heavy atom. The van der Waals surface area contributed by atoms with Gasteiger partial charge in [0.1, 0.15) is 5.75 Å². The summed E-state index contributed by atoms with van der Waals surface area (Å²) in [5.74, 6) is 0.435. The lowest BCUT2D eigenvalue weighted by Crippen LogP contribution is -2.04. The minimum absolute atomic E-state index is 0.103. The van der Waals surface area contributed by atoms with Crippen molar-refractivity contribution in [2.75, 3.05) is 7.11 Å². The lowest BCUT2D eigenvalue weighted by Gasteiger charge is -2.05. The van der Waals surface area contributed by atoms with Gasteiger partial charge in [0.15, 0.2) is 11.6 Å². The first-order valence-corrected chi connectivity index (χ1v) is 8.29. The summed E-state index contributed by atoms with van der Waals surface area (Å²) in [6, 6.07) is 13.6. The van der Waals surface area contributed by atoms with Gasteiger partial charge in [0, 0.05) is 22.3 Å². The Balaban J connectivity index is 2.14. The molecule has 0 aliphatic heterocycles. The molecule has 26 heavy (non-hydrogen) atoms. The second-order valence-electron chi connectivity index (χ2n) is 5.86. The molecule has 0 aromatic heterocycles. The lowest BCUT2D eigenvalue weighted by atomic mass is 9.98. The van der Waals surface area contributed by atoms with Gasteiger partial charge < -0.3 is 4.74 Å². The molecule has 2 rings (SSSR count). The number of methoxy groups -OCH3 is 1. The van der Waals surface area contributed by atoms with Gasteiger partial charge >= 0.3 is 0 Å². The molecule has 0 saturated carbocycles. The zero-order valence-electron chi connectivity index (χ0n) is 15.3. The van der Waals surface area contributed by atoms with E-state index >= 15 is 0 Å². The van der Waals surface area contributed by atoms with Gasteiger partial charge in [0.2, 0.25) is 0 Å². The number of hydrogen-bond donors (Lipinski definition) is 0. The number of rotatable bonds is 7. The van der Waals surface area contributed by atoms with E-state index in [4.69, 9.17) is 4.74 Å². The van der Waals surface area contributed by atoms with Crippen molar-refractivity contribution in [2.45, 2.75) is 13.8 Å². The largest absolute Gasteiger partial charge is 0.497 e. The predicted molar refractivity (Wildman–Crippen MR) is 105 cm³/mol. The van der Waals surface area contributed by atoms with Gasteiger partial charge in [-0.15, -0.1) is 0 Å². The van der Waals surface area contributed by atoms with Gasteiger partial charge in [0.05, 0.1) is 7.11 Å². The number of carbonyl (C=O) groups excluding carboxylic acids is 2. The van der Waals surface area contributed by atoms with Crippen LogP contribution in [0.2, 0.25) is 0 Å². The Bertz CT molecular complexity index is 867. The molecule has 0 atom stereocenters. The predicted octanol–water partition coefficient (Wildman–Crippen LogP) is 5.19. The number of carbonyl (C=O) groups is 2. The van der Waals surface area contributed by atoms with E-state index in [1.165, 1.54) is 0 Å². The standard InChI is InChI=1S/C23H22O3/c1-5-16(2)6-7-17(3)22(24)18-8-10-19(11-9-18)23(25)20-12-14-21(26-4)15-13-20/h5-15H,3H2,1-2,4H3/b7-6-,16-5-. The van der Waals surface area contributed by atoms with Crippen molar-refractivity contribution in [1.29, 1.82) is 0 Å². The van der Waals surface area contributed by atoms with Crippen molar-refractivity contribution in [3.63, 3.8) is 0 Å². The molecule has 0 fully saturated rings. The fourth-order valence-electron chi connectivity index (χ4n) is 2.27. The second-order valence-corrected chi connectivity index (χ2v) is 5.86. The molecule has 3 nitrogen and oxygen atoms in total. The average molecular weight is 346 g/mol. The SMILES string of the molecule is C=C(/C=C\C(C)=C/C)C(=O)c1ccc(C(=O)c2ccc(OC)cc2)cc1. The molecule has 0 aliphatic rings. The normalized spacial score (nSPS) is 11.4. The molecule has 0 spiro atoms. The summed E-state index contributed by atoms with van der Waals surface area (Å²) in [4.78, 5) is 24.9. The second kappa shape index (κ2) is 8.77. The highest BCUT2D eigenvalue weighted by Gasteiger charge is 2.12. The lowest BCUT2D eigenvalue weighted by molar-refractivity contribution is 0.102. The van der Waals surface area contributed by atoms with E-state index in [1.54, 1.807) is 61.7 Å². The number of allylic oxidation sites excluding steroid dienone is 5. The monoisotopic (exact) mass is 346 g/mol. The van der Waals surface area contributed by atoms with Crippen molar-refractivity contribution in [2.24, 2.45) is 0 Å². The third-order valence-electron chi connectivity index (χ3n) is 4.06. The third-order valence-corrected chi connectivity index (χ3v) is 4.06. The third kappa shape index (κ3) is 4.67. The van der Waals surface area contributed by atoms with Crippen LogP contribution in [-0.2, 0) is 0 Å². The minimum Gasteiger partial charge on any atom is -0.497 e. The Morgan fingerprint density at radius 1 is 0.885 bits per heavy atom. The van der Waals surface area contributed by atoms with Gasteiger partial charge in [-0.25, -0.2) is 0 Å². The summed E-state index contributed by atoms with van der Waals surface area (Å²) >= 11 is 0. The van der Waals surface area contributed by atoms with Crippen molar-refractivity contribution < 1.29 is 14.3 Å². The summed E-state index contributed by atoms with van der Waals surface area (Å²) in [5, 5.41) is 0. The quantitative estimate of drug-likeness (QED) is 0.394. The van der Waals surface area contributed by atoms with Crippen LogP contribution in [0.15, 0.2) is 84.5 Å². The van der Waals surface area contributed by atoms with Crippen LogP contribution in [0, 0.1) is 0 Å².